The van der Waals surface area contributed by atoms with Crippen molar-refractivity contribution in [1.82, 2.24) is 15.5 Å². The third kappa shape index (κ3) is 8.32. The SMILES string of the molecule is CNCC(CC1CCCCC1)NC(=O)N1CCOC(C(O)(CCCCOC)c2cccc(Cl)c2)C1. The number of methoxy groups -OCH3 is 1. The third-order valence-electron chi connectivity index (χ3n) is 7.49. The number of likely N-dealkylation sites (N-methyl/N-ethyl adjacent to an activating group) is 1. The summed E-state index contributed by atoms with van der Waals surface area (Å²) in [5, 5.41) is 19.0. The van der Waals surface area contributed by atoms with Crippen molar-refractivity contribution in [2.75, 3.05) is 47.0 Å². The number of morpholine rings is 1. The van der Waals surface area contributed by atoms with E-state index in [1.165, 1.54) is 32.1 Å². The molecule has 0 radical (unpaired) electrons. The van der Waals surface area contributed by atoms with Crippen LogP contribution < -0.4 is 10.6 Å². The normalized spacial score (nSPS) is 21.9. The summed E-state index contributed by atoms with van der Waals surface area (Å²) in [6.07, 6.45) is 9.01. The van der Waals surface area contributed by atoms with Gasteiger partial charge >= 0.3 is 6.03 Å². The largest absolute Gasteiger partial charge is 0.385 e. The highest BCUT2D eigenvalue weighted by Gasteiger charge is 2.42. The van der Waals surface area contributed by atoms with Crippen LogP contribution in [-0.4, -0.2) is 75.2 Å². The van der Waals surface area contributed by atoms with Gasteiger partial charge in [0.15, 0.2) is 0 Å². The number of rotatable bonds is 12. The van der Waals surface area contributed by atoms with Crippen LogP contribution in [0.5, 0.6) is 0 Å². The minimum absolute atomic E-state index is 0.0813. The van der Waals surface area contributed by atoms with Crippen molar-refractivity contribution < 1.29 is 19.4 Å². The number of nitrogens with one attached hydrogen (secondary N) is 2. The maximum Gasteiger partial charge on any atom is 0.317 e. The van der Waals surface area contributed by atoms with E-state index in [9.17, 15) is 9.90 Å². The highest BCUT2D eigenvalue weighted by atomic mass is 35.5. The zero-order chi connectivity index (χ0) is 25.1. The summed E-state index contributed by atoms with van der Waals surface area (Å²) in [5.74, 6) is 0.680. The molecule has 3 N–H and O–H groups in total. The van der Waals surface area contributed by atoms with E-state index in [0.717, 1.165) is 31.4 Å². The number of hydrogen-bond acceptors (Lipinski definition) is 5. The molecular weight excluding hydrogens is 466 g/mol. The van der Waals surface area contributed by atoms with Crippen molar-refractivity contribution in [1.29, 1.82) is 0 Å². The predicted molar refractivity (Wildman–Crippen MR) is 140 cm³/mol. The summed E-state index contributed by atoms with van der Waals surface area (Å²) in [7, 11) is 3.61. The van der Waals surface area contributed by atoms with Crippen LogP contribution in [0, 0.1) is 5.92 Å². The van der Waals surface area contributed by atoms with E-state index >= 15 is 0 Å². The summed E-state index contributed by atoms with van der Waals surface area (Å²) in [6, 6.07) is 7.34. The van der Waals surface area contributed by atoms with Gasteiger partial charge in [-0.25, -0.2) is 4.79 Å². The van der Waals surface area contributed by atoms with Gasteiger partial charge in [-0.15, -0.1) is 0 Å². The molecule has 1 aliphatic carbocycles. The molecule has 3 atom stereocenters. The second-order valence-electron chi connectivity index (χ2n) is 10.1. The van der Waals surface area contributed by atoms with Crippen LogP contribution in [0.1, 0.15) is 63.4 Å². The topological polar surface area (TPSA) is 83.1 Å². The first-order chi connectivity index (χ1) is 17.0. The zero-order valence-electron chi connectivity index (χ0n) is 21.4. The monoisotopic (exact) mass is 509 g/mol. The lowest BCUT2D eigenvalue weighted by Gasteiger charge is -2.43. The Balaban J connectivity index is 1.67. The molecule has 198 valence electrons. The lowest BCUT2D eigenvalue weighted by Crippen LogP contribution is -2.58. The highest BCUT2D eigenvalue weighted by molar-refractivity contribution is 6.30. The minimum Gasteiger partial charge on any atom is -0.385 e. The number of ether oxygens (including phenoxy) is 2. The molecule has 1 saturated heterocycles. The van der Waals surface area contributed by atoms with Gasteiger partial charge in [-0.1, -0.05) is 55.8 Å². The first-order valence-corrected chi connectivity index (χ1v) is 13.6. The Morgan fingerprint density at radius 3 is 2.83 bits per heavy atom. The number of nitrogens with zero attached hydrogens (tertiary/aromatic N) is 1. The molecule has 2 fully saturated rings. The molecule has 0 bridgehead atoms. The third-order valence-corrected chi connectivity index (χ3v) is 7.72. The standard InChI is InChI=1S/C27H44ClN3O4/c1-29-19-24(17-21-9-4-3-5-10-21)30-26(32)31-14-16-35-25(20-31)27(33,13-6-7-15-34-2)22-11-8-12-23(28)18-22/h8,11-12,18,21,24-25,29,33H,3-7,9-10,13-17,19-20H2,1-2H3,(H,30,32). The lowest BCUT2D eigenvalue weighted by atomic mass is 9.82. The number of carbonyl (C=O) groups is 1. The van der Waals surface area contributed by atoms with E-state index in [1.54, 1.807) is 24.1 Å². The van der Waals surface area contributed by atoms with Gasteiger partial charge in [0.25, 0.3) is 0 Å². The van der Waals surface area contributed by atoms with Gasteiger partial charge in [-0.05, 0) is 56.3 Å². The highest BCUT2D eigenvalue weighted by Crippen LogP contribution is 2.35. The summed E-state index contributed by atoms with van der Waals surface area (Å²) < 4.78 is 11.3. The number of halogens is 1. The molecule has 3 rings (SSSR count). The molecule has 1 aromatic carbocycles. The van der Waals surface area contributed by atoms with Crippen molar-refractivity contribution in [2.24, 2.45) is 5.92 Å². The molecule has 7 nitrogen and oxygen atoms in total. The molecular formula is C27H44ClN3O4. The Morgan fingerprint density at radius 2 is 2.11 bits per heavy atom. The fraction of sp³-hybridized carbons (Fsp3) is 0.741. The average molecular weight is 510 g/mol. The summed E-state index contributed by atoms with van der Waals surface area (Å²) in [5.41, 5.74) is -0.524. The first-order valence-electron chi connectivity index (χ1n) is 13.2. The van der Waals surface area contributed by atoms with Crippen molar-refractivity contribution >= 4 is 17.6 Å². The molecule has 2 aliphatic rings. The number of aliphatic hydroxyl groups is 1. The molecule has 2 amide bonds. The van der Waals surface area contributed by atoms with Gasteiger partial charge in [0, 0.05) is 37.9 Å². The molecule has 1 aliphatic heterocycles. The van der Waals surface area contributed by atoms with Crippen LogP contribution in [-0.2, 0) is 15.1 Å². The molecule has 1 heterocycles. The van der Waals surface area contributed by atoms with Gasteiger partial charge in [0.2, 0.25) is 0 Å². The number of hydrogen-bond donors (Lipinski definition) is 3. The Labute approximate surface area is 215 Å². The van der Waals surface area contributed by atoms with Crippen LogP contribution in [0.3, 0.4) is 0 Å². The summed E-state index contributed by atoms with van der Waals surface area (Å²) in [6.45, 7) is 2.61. The zero-order valence-corrected chi connectivity index (χ0v) is 22.2. The number of carbonyl (C=O) groups excluding carboxylic acids is 1. The van der Waals surface area contributed by atoms with Gasteiger partial charge in [-0.2, -0.15) is 0 Å². The number of amides is 2. The van der Waals surface area contributed by atoms with Gasteiger partial charge in [0.05, 0.1) is 13.2 Å². The van der Waals surface area contributed by atoms with Crippen molar-refractivity contribution in [3.05, 3.63) is 34.9 Å². The predicted octanol–water partition coefficient (Wildman–Crippen LogP) is 4.31. The molecule has 0 spiro atoms. The molecule has 0 aromatic heterocycles. The van der Waals surface area contributed by atoms with E-state index < -0.39 is 11.7 Å². The number of benzene rings is 1. The average Bonchev–Trinajstić information content (AvgIpc) is 2.87. The molecule has 35 heavy (non-hydrogen) atoms. The van der Waals surface area contributed by atoms with Crippen molar-refractivity contribution in [2.45, 2.75) is 75.5 Å². The van der Waals surface area contributed by atoms with Crippen LogP contribution in [0.25, 0.3) is 0 Å². The van der Waals surface area contributed by atoms with Crippen LogP contribution in [0.15, 0.2) is 24.3 Å². The van der Waals surface area contributed by atoms with Crippen LogP contribution in [0.2, 0.25) is 5.02 Å². The van der Waals surface area contributed by atoms with Gasteiger partial charge in [0.1, 0.15) is 11.7 Å². The Kier molecular flexibility index (Phi) is 11.6. The second kappa shape index (κ2) is 14.4. The van der Waals surface area contributed by atoms with Crippen molar-refractivity contribution in [3.63, 3.8) is 0 Å². The maximum absolute atomic E-state index is 13.3. The Morgan fingerprint density at radius 1 is 1.31 bits per heavy atom. The molecule has 3 unspecified atom stereocenters. The molecule has 1 saturated carbocycles. The Bertz CT molecular complexity index is 777. The first kappa shape index (κ1) is 28.2. The fourth-order valence-electron chi connectivity index (χ4n) is 5.54. The summed E-state index contributed by atoms with van der Waals surface area (Å²) >= 11 is 6.27. The van der Waals surface area contributed by atoms with Crippen LogP contribution >= 0.6 is 11.6 Å². The van der Waals surface area contributed by atoms with Gasteiger partial charge in [-0.3, -0.25) is 0 Å². The summed E-state index contributed by atoms with van der Waals surface area (Å²) in [4.78, 5) is 15.1. The van der Waals surface area contributed by atoms with E-state index in [2.05, 4.69) is 10.6 Å². The fourth-order valence-corrected chi connectivity index (χ4v) is 5.73. The van der Waals surface area contributed by atoms with E-state index in [-0.39, 0.29) is 12.1 Å². The number of unbranched alkanes of at least 4 members (excludes halogenated alkanes) is 1. The van der Waals surface area contributed by atoms with Crippen LogP contribution in [0.4, 0.5) is 4.79 Å². The minimum atomic E-state index is -1.25. The van der Waals surface area contributed by atoms with Crippen molar-refractivity contribution in [3.8, 4) is 0 Å². The molecule has 8 heteroatoms. The molecule has 1 aromatic rings. The second-order valence-corrected chi connectivity index (χ2v) is 10.6. The van der Waals surface area contributed by atoms with E-state index in [4.69, 9.17) is 21.1 Å². The van der Waals surface area contributed by atoms with Gasteiger partial charge < -0.3 is 30.1 Å². The smallest absolute Gasteiger partial charge is 0.317 e. The number of urea groups is 1. The lowest BCUT2D eigenvalue weighted by molar-refractivity contribution is -0.146. The quantitative estimate of drug-likeness (QED) is 0.366. The Hall–Kier alpha value is -1.38. The van der Waals surface area contributed by atoms with E-state index in [1.807, 2.05) is 19.2 Å². The maximum atomic E-state index is 13.3. The van der Waals surface area contributed by atoms with E-state index in [0.29, 0.717) is 43.7 Å².